The van der Waals surface area contributed by atoms with Crippen LogP contribution in [0, 0.1) is 0 Å². The largest absolute Gasteiger partial charge is 0.466 e. The van der Waals surface area contributed by atoms with Gasteiger partial charge in [0.2, 0.25) is 0 Å². The molecule has 0 aromatic carbocycles. The second-order valence-corrected chi connectivity index (χ2v) is 4.06. The molecule has 0 amide bonds. The second kappa shape index (κ2) is 5.12. The van der Waals surface area contributed by atoms with E-state index < -0.39 is 0 Å². The number of aromatic nitrogens is 2. The monoisotopic (exact) mass is 236 g/mol. The number of ether oxygens (including phenoxy) is 1. The van der Waals surface area contributed by atoms with E-state index in [1.165, 1.54) is 0 Å². The lowest BCUT2D eigenvalue weighted by molar-refractivity contribution is -0.143. The molecule has 0 spiro atoms. The van der Waals surface area contributed by atoms with Crippen molar-refractivity contribution in [2.75, 3.05) is 6.61 Å². The highest BCUT2D eigenvalue weighted by Crippen LogP contribution is 2.20. The van der Waals surface area contributed by atoms with Crippen LogP contribution in [-0.4, -0.2) is 28.1 Å². The van der Waals surface area contributed by atoms with E-state index >= 15 is 0 Å². The number of carbonyl (C=O) groups excluding carboxylic acids is 2. The highest BCUT2D eigenvalue weighted by Gasteiger charge is 2.21. The highest BCUT2D eigenvalue weighted by atomic mass is 16.5. The number of nitrogens with zero attached hydrogens (tertiary/aromatic N) is 2. The second-order valence-electron chi connectivity index (χ2n) is 4.06. The Bertz CT molecular complexity index is 437. The SMILES string of the molecule is CCOC(=O)CCn1ncc2c1CCCC2=O. The fourth-order valence-corrected chi connectivity index (χ4v) is 2.08. The van der Waals surface area contributed by atoms with Crippen LogP contribution in [0.3, 0.4) is 0 Å². The summed E-state index contributed by atoms with van der Waals surface area (Å²) in [4.78, 5) is 22.8. The van der Waals surface area contributed by atoms with E-state index in [2.05, 4.69) is 5.10 Å². The Balaban J connectivity index is 2.03. The first kappa shape index (κ1) is 11.8. The number of rotatable bonds is 4. The first-order valence-electron chi connectivity index (χ1n) is 5.96. The van der Waals surface area contributed by atoms with Crippen molar-refractivity contribution in [3.63, 3.8) is 0 Å². The van der Waals surface area contributed by atoms with E-state index in [1.54, 1.807) is 17.8 Å². The van der Waals surface area contributed by atoms with Crippen LogP contribution >= 0.6 is 0 Å². The van der Waals surface area contributed by atoms with E-state index in [0.717, 1.165) is 24.1 Å². The molecule has 0 bridgehead atoms. The normalized spacial score (nSPS) is 14.5. The van der Waals surface area contributed by atoms with Crippen LogP contribution in [0.15, 0.2) is 6.20 Å². The molecule has 2 rings (SSSR count). The lowest BCUT2D eigenvalue weighted by Crippen LogP contribution is -2.16. The van der Waals surface area contributed by atoms with Crippen LogP contribution in [0.25, 0.3) is 0 Å². The molecule has 1 aromatic rings. The molecule has 92 valence electrons. The molecular formula is C12H16N2O3. The molecule has 0 N–H and O–H groups in total. The molecule has 0 radical (unpaired) electrons. The molecule has 0 saturated carbocycles. The summed E-state index contributed by atoms with van der Waals surface area (Å²) in [5, 5.41) is 4.17. The van der Waals surface area contributed by atoms with Crippen LogP contribution in [0.1, 0.15) is 42.2 Å². The minimum Gasteiger partial charge on any atom is -0.466 e. The minimum atomic E-state index is -0.223. The Morgan fingerprint density at radius 1 is 1.53 bits per heavy atom. The summed E-state index contributed by atoms with van der Waals surface area (Å²) in [6.45, 7) is 2.67. The molecule has 0 saturated heterocycles. The van der Waals surface area contributed by atoms with Gasteiger partial charge in [-0.25, -0.2) is 0 Å². The van der Waals surface area contributed by atoms with Crippen molar-refractivity contribution >= 4 is 11.8 Å². The minimum absolute atomic E-state index is 0.161. The molecule has 0 aliphatic heterocycles. The Hall–Kier alpha value is -1.65. The van der Waals surface area contributed by atoms with Gasteiger partial charge in [0.05, 0.1) is 31.3 Å². The van der Waals surface area contributed by atoms with Gasteiger partial charge in [-0.05, 0) is 19.8 Å². The van der Waals surface area contributed by atoms with Gasteiger partial charge in [-0.1, -0.05) is 0 Å². The van der Waals surface area contributed by atoms with Crippen molar-refractivity contribution in [3.05, 3.63) is 17.5 Å². The fraction of sp³-hybridized carbons (Fsp3) is 0.583. The van der Waals surface area contributed by atoms with E-state index in [0.29, 0.717) is 26.0 Å². The molecule has 1 heterocycles. The summed E-state index contributed by atoms with van der Waals surface area (Å²) < 4.78 is 6.61. The fourth-order valence-electron chi connectivity index (χ4n) is 2.08. The molecule has 0 unspecified atom stereocenters. The lowest BCUT2D eigenvalue weighted by atomic mass is 9.97. The zero-order chi connectivity index (χ0) is 12.3. The molecule has 1 aliphatic rings. The molecule has 0 atom stereocenters. The number of aryl methyl sites for hydroxylation is 1. The predicted octanol–water partition coefficient (Wildman–Crippen LogP) is 1.36. The molecule has 17 heavy (non-hydrogen) atoms. The average molecular weight is 236 g/mol. The van der Waals surface area contributed by atoms with Crippen molar-refractivity contribution in [3.8, 4) is 0 Å². The Labute approximate surface area is 99.8 Å². The number of hydrogen-bond acceptors (Lipinski definition) is 4. The summed E-state index contributed by atoms with van der Waals surface area (Å²) in [6.07, 6.45) is 4.26. The first-order chi connectivity index (χ1) is 8.22. The standard InChI is InChI=1S/C12H16N2O3/c1-2-17-12(16)6-7-14-10-4-3-5-11(15)9(10)8-13-14/h8H,2-7H2,1H3. The Morgan fingerprint density at radius 3 is 3.12 bits per heavy atom. The third-order valence-corrected chi connectivity index (χ3v) is 2.90. The first-order valence-corrected chi connectivity index (χ1v) is 5.96. The van der Waals surface area contributed by atoms with E-state index in [4.69, 9.17) is 4.74 Å². The maximum absolute atomic E-state index is 11.6. The number of esters is 1. The molecule has 0 fully saturated rings. The number of fused-ring (bicyclic) bond motifs is 1. The number of Topliss-reactive ketones (excluding diaryl/α,β-unsaturated/α-hetero) is 1. The van der Waals surface area contributed by atoms with Crippen LogP contribution < -0.4 is 0 Å². The van der Waals surface area contributed by atoms with E-state index in [-0.39, 0.29) is 11.8 Å². The molecule has 5 heteroatoms. The third-order valence-electron chi connectivity index (χ3n) is 2.90. The summed E-state index contributed by atoms with van der Waals surface area (Å²) in [5.74, 6) is -0.0625. The molecular weight excluding hydrogens is 220 g/mol. The van der Waals surface area contributed by atoms with E-state index in [1.807, 2.05) is 0 Å². The van der Waals surface area contributed by atoms with Gasteiger partial charge in [0, 0.05) is 12.1 Å². The summed E-state index contributed by atoms with van der Waals surface area (Å²) in [6, 6.07) is 0. The van der Waals surface area contributed by atoms with Gasteiger partial charge in [0.1, 0.15) is 0 Å². The van der Waals surface area contributed by atoms with Crippen molar-refractivity contribution < 1.29 is 14.3 Å². The smallest absolute Gasteiger partial charge is 0.307 e. The zero-order valence-corrected chi connectivity index (χ0v) is 9.94. The molecule has 1 aliphatic carbocycles. The van der Waals surface area contributed by atoms with Gasteiger partial charge >= 0.3 is 5.97 Å². The van der Waals surface area contributed by atoms with Gasteiger partial charge < -0.3 is 4.74 Å². The predicted molar refractivity (Wildman–Crippen MR) is 60.7 cm³/mol. The summed E-state index contributed by atoms with van der Waals surface area (Å²) in [5.41, 5.74) is 1.69. The van der Waals surface area contributed by atoms with Crippen molar-refractivity contribution in [2.24, 2.45) is 0 Å². The Kier molecular flexibility index (Phi) is 3.56. The van der Waals surface area contributed by atoms with Crippen LogP contribution in [-0.2, 0) is 22.5 Å². The number of carbonyl (C=O) groups is 2. The maximum atomic E-state index is 11.6. The molecule has 1 aromatic heterocycles. The highest BCUT2D eigenvalue weighted by molar-refractivity contribution is 5.97. The van der Waals surface area contributed by atoms with Crippen LogP contribution in [0.5, 0.6) is 0 Å². The number of ketones is 1. The Morgan fingerprint density at radius 2 is 2.35 bits per heavy atom. The van der Waals surface area contributed by atoms with Crippen molar-refractivity contribution in [1.82, 2.24) is 9.78 Å². The topological polar surface area (TPSA) is 61.2 Å². The van der Waals surface area contributed by atoms with Gasteiger partial charge in [-0.3, -0.25) is 14.3 Å². The van der Waals surface area contributed by atoms with Crippen LogP contribution in [0.4, 0.5) is 0 Å². The summed E-state index contributed by atoms with van der Waals surface area (Å²) >= 11 is 0. The van der Waals surface area contributed by atoms with Crippen molar-refractivity contribution in [2.45, 2.75) is 39.2 Å². The maximum Gasteiger partial charge on any atom is 0.307 e. The third kappa shape index (κ3) is 2.54. The van der Waals surface area contributed by atoms with Crippen molar-refractivity contribution in [1.29, 1.82) is 0 Å². The zero-order valence-electron chi connectivity index (χ0n) is 9.94. The van der Waals surface area contributed by atoms with Gasteiger partial charge in [-0.2, -0.15) is 5.10 Å². The quantitative estimate of drug-likeness (QED) is 0.740. The summed E-state index contributed by atoms with van der Waals surface area (Å²) in [7, 11) is 0. The van der Waals surface area contributed by atoms with Crippen LogP contribution in [0.2, 0.25) is 0 Å². The lowest BCUT2D eigenvalue weighted by Gasteiger charge is -2.12. The number of hydrogen-bond donors (Lipinski definition) is 0. The van der Waals surface area contributed by atoms with Gasteiger partial charge in [-0.15, -0.1) is 0 Å². The van der Waals surface area contributed by atoms with Gasteiger partial charge in [0.15, 0.2) is 5.78 Å². The van der Waals surface area contributed by atoms with Gasteiger partial charge in [0.25, 0.3) is 0 Å². The average Bonchev–Trinajstić information content (AvgIpc) is 2.72. The van der Waals surface area contributed by atoms with E-state index in [9.17, 15) is 9.59 Å². The molecule has 5 nitrogen and oxygen atoms in total.